The molecule has 0 fully saturated rings. The van der Waals surface area contributed by atoms with Gasteiger partial charge in [-0.15, -0.1) is 0 Å². The average Bonchev–Trinajstić information content (AvgIpc) is 2.43. The Hall–Kier alpha value is -1.92. The van der Waals surface area contributed by atoms with Crippen molar-refractivity contribution in [3.63, 3.8) is 0 Å². The Labute approximate surface area is 139 Å². The van der Waals surface area contributed by atoms with Crippen molar-refractivity contribution < 1.29 is 23.1 Å². The molecular weight excluding hydrogens is 321 g/mol. The van der Waals surface area contributed by atoms with E-state index < -0.39 is 23.7 Å². The molecule has 2 N–H and O–H groups in total. The lowest BCUT2D eigenvalue weighted by atomic mass is 9.88. The number of phenolic OH excluding ortho intramolecular Hbond substituents is 1. The molecule has 24 heavy (non-hydrogen) atoms. The summed E-state index contributed by atoms with van der Waals surface area (Å²) in [5.74, 6) is 0.0805. The molecule has 7 heteroatoms. The Balaban J connectivity index is 2.08. The van der Waals surface area contributed by atoms with Crippen molar-refractivity contribution in [2.75, 3.05) is 6.54 Å². The van der Waals surface area contributed by atoms with E-state index in [9.17, 15) is 23.1 Å². The molecule has 1 aromatic carbocycles. The Morgan fingerprint density at radius 3 is 2.54 bits per heavy atom. The van der Waals surface area contributed by atoms with Gasteiger partial charge in [0, 0.05) is 13.1 Å². The molecule has 0 spiro atoms. The number of benzene rings is 1. The summed E-state index contributed by atoms with van der Waals surface area (Å²) in [7, 11) is 0. The van der Waals surface area contributed by atoms with Gasteiger partial charge in [0.15, 0.2) is 0 Å². The largest absolute Gasteiger partial charge is 0.508 e. The highest BCUT2D eigenvalue weighted by Gasteiger charge is 2.43. The number of alkyl halides is 3. The highest BCUT2D eigenvalue weighted by molar-refractivity contribution is 5.75. The monoisotopic (exact) mass is 344 g/mol. The van der Waals surface area contributed by atoms with Gasteiger partial charge >= 0.3 is 12.2 Å². The first-order chi connectivity index (χ1) is 11.0. The number of nitrogens with zero attached hydrogens (tertiary/aromatic N) is 1. The number of phenols is 1. The summed E-state index contributed by atoms with van der Waals surface area (Å²) in [5, 5.41) is 11.7. The van der Waals surface area contributed by atoms with E-state index in [1.807, 2.05) is 0 Å². The van der Waals surface area contributed by atoms with Crippen LogP contribution in [0.15, 0.2) is 18.2 Å². The highest BCUT2D eigenvalue weighted by atomic mass is 19.4. The maximum atomic E-state index is 13.2. The maximum absolute atomic E-state index is 13.2. The topological polar surface area (TPSA) is 52.6 Å². The summed E-state index contributed by atoms with van der Waals surface area (Å²) in [4.78, 5) is 13.6. The minimum atomic E-state index is -4.49. The van der Waals surface area contributed by atoms with E-state index in [2.05, 4.69) is 5.32 Å². The maximum Gasteiger partial charge on any atom is 0.408 e. The fourth-order valence-electron chi connectivity index (χ4n) is 2.82. The molecular formula is C17H23F3N2O2. The number of nitrogens with one attached hydrogen (secondary N) is 1. The van der Waals surface area contributed by atoms with E-state index in [0.29, 0.717) is 13.0 Å². The molecule has 0 aromatic heterocycles. The molecule has 0 bridgehead atoms. The average molecular weight is 344 g/mol. The van der Waals surface area contributed by atoms with Gasteiger partial charge in [-0.25, -0.2) is 4.79 Å². The predicted molar refractivity (Wildman–Crippen MR) is 84.7 cm³/mol. The van der Waals surface area contributed by atoms with Crippen LogP contribution >= 0.6 is 0 Å². The van der Waals surface area contributed by atoms with Crippen LogP contribution in [0.25, 0.3) is 0 Å². The number of hydrogen-bond acceptors (Lipinski definition) is 2. The molecule has 0 aliphatic carbocycles. The SMILES string of the molecule is CC(C)(C)CC(NC(=O)N1CCc2ccc(O)cc2C1)C(F)(F)F. The van der Waals surface area contributed by atoms with Crippen LogP contribution in [0, 0.1) is 5.41 Å². The van der Waals surface area contributed by atoms with Crippen LogP contribution in [-0.4, -0.2) is 34.8 Å². The summed E-state index contributed by atoms with van der Waals surface area (Å²) < 4.78 is 39.6. The Kier molecular flexibility index (Phi) is 5.01. The number of rotatable bonds is 2. The summed E-state index contributed by atoms with van der Waals surface area (Å²) in [5.41, 5.74) is 1.20. The van der Waals surface area contributed by atoms with Gasteiger partial charge in [-0.05, 0) is 41.5 Å². The molecule has 2 rings (SSSR count). The Morgan fingerprint density at radius 2 is 1.96 bits per heavy atom. The molecule has 0 saturated carbocycles. The standard InChI is InChI=1S/C17H23F3N2O2/c1-16(2,3)9-14(17(18,19)20)21-15(24)22-7-6-11-4-5-13(23)8-12(11)10-22/h4-5,8,14,23H,6-7,9-10H2,1-3H3,(H,21,24). The van der Waals surface area contributed by atoms with Crippen molar-refractivity contribution in [1.29, 1.82) is 0 Å². The van der Waals surface area contributed by atoms with Gasteiger partial charge in [-0.2, -0.15) is 13.2 Å². The smallest absolute Gasteiger partial charge is 0.408 e. The molecule has 134 valence electrons. The van der Waals surface area contributed by atoms with Crippen molar-refractivity contribution in [2.45, 2.75) is 52.4 Å². The second kappa shape index (κ2) is 6.53. The Morgan fingerprint density at radius 1 is 1.29 bits per heavy atom. The number of amides is 2. The third kappa shape index (κ3) is 4.79. The van der Waals surface area contributed by atoms with Crippen LogP contribution in [0.5, 0.6) is 5.75 Å². The van der Waals surface area contributed by atoms with Crippen LogP contribution in [0.1, 0.15) is 38.3 Å². The minimum Gasteiger partial charge on any atom is -0.508 e. The third-order valence-corrected chi connectivity index (χ3v) is 4.00. The second-order valence-corrected chi connectivity index (χ2v) is 7.43. The van der Waals surface area contributed by atoms with Gasteiger partial charge in [0.2, 0.25) is 0 Å². The fourth-order valence-corrected chi connectivity index (χ4v) is 2.82. The molecule has 0 radical (unpaired) electrons. The fraction of sp³-hybridized carbons (Fsp3) is 0.588. The molecule has 1 aliphatic heterocycles. The summed E-state index contributed by atoms with van der Waals surface area (Å²) in [6, 6.07) is 2.28. The third-order valence-electron chi connectivity index (χ3n) is 4.00. The number of hydrogen-bond donors (Lipinski definition) is 2. The lowest BCUT2D eigenvalue weighted by Crippen LogP contribution is -2.52. The van der Waals surface area contributed by atoms with Gasteiger partial charge in [0.1, 0.15) is 11.8 Å². The van der Waals surface area contributed by atoms with Gasteiger partial charge in [0.05, 0.1) is 0 Å². The van der Waals surface area contributed by atoms with Gasteiger partial charge in [-0.1, -0.05) is 26.8 Å². The predicted octanol–water partition coefficient (Wildman–Crippen LogP) is 3.83. The number of carbonyl (C=O) groups is 1. The normalized spacial score (nSPS) is 16.5. The van der Waals surface area contributed by atoms with E-state index in [0.717, 1.165) is 11.1 Å². The summed E-state index contributed by atoms with van der Waals surface area (Å²) in [6.45, 7) is 5.66. The molecule has 4 nitrogen and oxygen atoms in total. The van der Waals surface area contributed by atoms with Crippen molar-refractivity contribution in [3.8, 4) is 5.75 Å². The molecule has 1 aliphatic rings. The van der Waals surface area contributed by atoms with E-state index in [1.165, 1.54) is 4.90 Å². The zero-order valence-electron chi connectivity index (χ0n) is 14.1. The van der Waals surface area contributed by atoms with Crippen LogP contribution in [0.4, 0.5) is 18.0 Å². The lowest BCUT2D eigenvalue weighted by molar-refractivity contribution is -0.159. The first kappa shape index (κ1) is 18.4. The summed E-state index contributed by atoms with van der Waals surface area (Å²) >= 11 is 0. The van der Waals surface area contributed by atoms with Gasteiger partial charge in [0.25, 0.3) is 0 Å². The lowest BCUT2D eigenvalue weighted by Gasteiger charge is -2.33. The van der Waals surface area contributed by atoms with Gasteiger partial charge in [-0.3, -0.25) is 0 Å². The highest BCUT2D eigenvalue weighted by Crippen LogP contribution is 2.31. The van der Waals surface area contributed by atoms with Crippen molar-refractivity contribution in [1.82, 2.24) is 10.2 Å². The molecule has 1 atom stereocenters. The van der Waals surface area contributed by atoms with E-state index in [1.54, 1.807) is 39.0 Å². The quantitative estimate of drug-likeness (QED) is 0.857. The zero-order chi connectivity index (χ0) is 18.1. The minimum absolute atomic E-state index is 0.0805. The molecule has 1 unspecified atom stereocenters. The zero-order valence-corrected chi connectivity index (χ0v) is 14.1. The van der Waals surface area contributed by atoms with E-state index in [4.69, 9.17) is 0 Å². The van der Waals surface area contributed by atoms with E-state index >= 15 is 0 Å². The number of fused-ring (bicyclic) bond motifs is 1. The van der Waals surface area contributed by atoms with Crippen molar-refractivity contribution >= 4 is 6.03 Å². The van der Waals surface area contributed by atoms with Crippen LogP contribution < -0.4 is 5.32 Å². The Bertz CT molecular complexity index is 609. The summed E-state index contributed by atoms with van der Waals surface area (Å²) in [6.07, 6.45) is -4.12. The van der Waals surface area contributed by atoms with Crippen LogP contribution in [0.3, 0.4) is 0 Å². The van der Waals surface area contributed by atoms with Crippen LogP contribution in [-0.2, 0) is 13.0 Å². The first-order valence-corrected chi connectivity index (χ1v) is 7.89. The number of aromatic hydroxyl groups is 1. The van der Waals surface area contributed by atoms with Crippen molar-refractivity contribution in [2.24, 2.45) is 5.41 Å². The molecule has 0 saturated heterocycles. The number of carbonyl (C=O) groups excluding carboxylic acids is 1. The number of urea groups is 1. The number of halogens is 3. The second-order valence-electron chi connectivity index (χ2n) is 7.43. The van der Waals surface area contributed by atoms with Gasteiger partial charge < -0.3 is 15.3 Å². The first-order valence-electron chi connectivity index (χ1n) is 7.89. The molecule has 1 heterocycles. The van der Waals surface area contributed by atoms with Crippen LogP contribution in [0.2, 0.25) is 0 Å². The molecule has 1 aromatic rings. The van der Waals surface area contributed by atoms with E-state index in [-0.39, 0.29) is 18.7 Å². The van der Waals surface area contributed by atoms with Crippen molar-refractivity contribution in [3.05, 3.63) is 29.3 Å². The molecule has 2 amide bonds.